The smallest absolute Gasteiger partial charge is 0.255 e. The molecule has 0 spiro atoms. The van der Waals surface area contributed by atoms with E-state index >= 15 is 0 Å². The van der Waals surface area contributed by atoms with Gasteiger partial charge in [-0.1, -0.05) is 29.3 Å². The number of amides is 1. The fraction of sp³-hybridized carbons (Fsp3) is 0.278. The Labute approximate surface area is 154 Å². The highest BCUT2D eigenvalue weighted by Crippen LogP contribution is 2.28. The van der Waals surface area contributed by atoms with Crippen molar-refractivity contribution < 1.29 is 18.3 Å². The molecule has 3 rings (SSSR count). The molecular formula is C18H15Cl2F2NO2. The average Bonchev–Trinajstić information content (AvgIpc) is 2.60. The normalized spacial score (nSPS) is 15.3. The number of piperidine rings is 1. The lowest BCUT2D eigenvalue weighted by Crippen LogP contribution is -2.42. The number of hydrogen-bond acceptors (Lipinski definition) is 2. The van der Waals surface area contributed by atoms with Gasteiger partial charge in [-0.25, -0.2) is 8.78 Å². The molecule has 1 aliphatic rings. The molecule has 0 saturated carbocycles. The molecule has 0 radical (unpaired) electrons. The second-order valence-electron chi connectivity index (χ2n) is 5.79. The van der Waals surface area contributed by atoms with Gasteiger partial charge in [-0.15, -0.1) is 0 Å². The Morgan fingerprint density at radius 2 is 1.84 bits per heavy atom. The third-order valence-electron chi connectivity index (χ3n) is 4.10. The third kappa shape index (κ3) is 4.05. The van der Waals surface area contributed by atoms with Gasteiger partial charge in [0.1, 0.15) is 11.9 Å². The van der Waals surface area contributed by atoms with Gasteiger partial charge in [0.15, 0.2) is 11.6 Å². The Morgan fingerprint density at radius 3 is 2.52 bits per heavy atom. The first kappa shape index (κ1) is 18.0. The summed E-state index contributed by atoms with van der Waals surface area (Å²) in [4.78, 5) is 14.2. The molecule has 2 aromatic rings. The molecule has 0 N–H and O–H groups in total. The fourth-order valence-corrected chi connectivity index (χ4v) is 3.15. The van der Waals surface area contributed by atoms with Crippen LogP contribution in [0.2, 0.25) is 10.0 Å². The molecule has 1 heterocycles. The van der Waals surface area contributed by atoms with Crippen LogP contribution in [0.5, 0.6) is 5.75 Å². The summed E-state index contributed by atoms with van der Waals surface area (Å²) >= 11 is 12.0. The monoisotopic (exact) mass is 385 g/mol. The molecule has 0 bridgehead atoms. The van der Waals surface area contributed by atoms with Crippen molar-refractivity contribution >= 4 is 29.1 Å². The van der Waals surface area contributed by atoms with Gasteiger partial charge in [-0.05, 0) is 24.3 Å². The van der Waals surface area contributed by atoms with Crippen LogP contribution < -0.4 is 4.74 Å². The van der Waals surface area contributed by atoms with Gasteiger partial charge in [0.2, 0.25) is 0 Å². The number of carbonyl (C=O) groups excluding carboxylic acids is 1. The first-order chi connectivity index (χ1) is 12.0. The summed E-state index contributed by atoms with van der Waals surface area (Å²) in [5.41, 5.74) is 0.359. The maximum atomic E-state index is 13.7. The second kappa shape index (κ2) is 7.58. The average molecular weight is 386 g/mol. The molecule has 2 aromatic carbocycles. The van der Waals surface area contributed by atoms with E-state index in [0.717, 1.165) is 12.1 Å². The van der Waals surface area contributed by atoms with E-state index in [0.29, 0.717) is 36.5 Å². The highest BCUT2D eigenvalue weighted by molar-refractivity contribution is 6.43. The number of benzene rings is 2. The van der Waals surface area contributed by atoms with Gasteiger partial charge >= 0.3 is 0 Å². The molecule has 0 unspecified atom stereocenters. The third-order valence-corrected chi connectivity index (χ3v) is 4.92. The molecule has 1 aliphatic heterocycles. The van der Waals surface area contributed by atoms with Crippen LogP contribution in [0.3, 0.4) is 0 Å². The van der Waals surface area contributed by atoms with E-state index in [1.165, 1.54) is 6.07 Å². The van der Waals surface area contributed by atoms with Crippen molar-refractivity contribution in [3.63, 3.8) is 0 Å². The molecule has 1 saturated heterocycles. The van der Waals surface area contributed by atoms with Gasteiger partial charge in [0.25, 0.3) is 5.91 Å². The second-order valence-corrected chi connectivity index (χ2v) is 6.57. The van der Waals surface area contributed by atoms with Crippen LogP contribution >= 0.6 is 23.2 Å². The largest absolute Gasteiger partial charge is 0.487 e. The van der Waals surface area contributed by atoms with E-state index < -0.39 is 11.6 Å². The zero-order valence-electron chi connectivity index (χ0n) is 13.1. The summed E-state index contributed by atoms with van der Waals surface area (Å²) in [7, 11) is 0. The van der Waals surface area contributed by atoms with Gasteiger partial charge in [0, 0.05) is 32.0 Å². The molecule has 1 amide bonds. The van der Waals surface area contributed by atoms with Crippen LogP contribution in [0.25, 0.3) is 0 Å². The Bertz CT molecular complexity index is 793. The van der Waals surface area contributed by atoms with E-state index in [4.69, 9.17) is 27.9 Å². The van der Waals surface area contributed by atoms with Crippen molar-refractivity contribution in [2.24, 2.45) is 0 Å². The topological polar surface area (TPSA) is 29.5 Å². The van der Waals surface area contributed by atoms with Crippen LogP contribution in [-0.4, -0.2) is 30.0 Å². The number of nitrogens with zero attached hydrogens (tertiary/aromatic N) is 1. The summed E-state index contributed by atoms with van der Waals surface area (Å²) in [5.74, 6) is -1.56. The molecule has 25 heavy (non-hydrogen) atoms. The zero-order valence-corrected chi connectivity index (χ0v) is 14.7. The van der Waals surface area contributed by atoms with E-state index in [9.17, 15) is 13.6 Å². The first-order valence-corrected chi connectivity index (χ1v) is 8.56. The van der Waals surface area contributed by atoms with Gasteiger partial charge in [-0.3, -0.25) is 4.79 Å². The Hall–Kier alpha value is -1.85. The molecule has 132 valence electrons. The standard InChI is InChI=1S/C18H15Cl2F2NO2/c19-14-3-1-2-13(17(14)20)18(24)23-8-6-12(7-9-23)25-16-5-4-11(21)10-15(16)22/h1-5,10,12H,6-9H2. The number of hydrogen-bond donors (Lipinski definition) is 0. The molecule has 7 heteroatoms. The van der Waals surface area contributed by atoms with Crippen molar-refractivity contribution in [3.8, 4) is 5.75 Å². The Balaban J connectivity index is 1.61. The van der Waals surface area contributed by atoms with Crippen LogP contribution in [0.1, 0.15) is 23.2 Å². The number of ether oxygens (including phenoxy) is 1. The highest BCUT2D eigenvalue weighted by Gasteiger charge is 2.26. The lowest BCUT2D eigenvalue weighted by Gasteiger charge is -2.32. The van der Waals surface area contributed by atoms with Crippen LogP contribution in [0.15, 0.2) is 36.4 Å². The van der Waals surface area contributed by atoms with E-state index in [1.54, 1.807) is 23.1 Å². The fourth-order valence-electron chi connectivity index (χ4n) is 2.77. The van der Waals surface area contributed by atoms with Crippen molar-refractivity contribution in [2.75, 3.05) is 13.1 Å². The lowest BCUT2D eigenvalue weighted by molar-refractivity contribution is 0.0588. The molecule has 0 aliphatic carbocycles. The van der Waals surface area contributed by atoms with Gasteiger partial charge in [-0.2, -0.15) is 0 Å². The van der Waals surface area contributed by atoms with Gasteiger partial charge in [0.05, 0.1) is 15.6 Å². The summed E-state index contributed by atoms with van der Waals surface area (Å²) in [6, 6.07) is 8.14. The van der Waals surface area contributed by atoms with Crippen LogP contribution in [-0.2, 0) is 0 Å². The van der Waals surface area contributed by atoms with Gasteiger partial charge < -0.3 is 9.64 Å². The van der Waals surface area contributed by atoms with Crippen LogP contribution in [0, 0.1) is 11.6 Å². The number of halogens is 4. The predicted molar refractivity (Wildman–Crippen MR) is 92.4 cm³/mol. The highest BCUT2D eigenvalue weighted by atomic mass is 35.5. The first-order valence-electron chi connectivity index (χ1n) is 7.80. The lowest BCUT2D eigenvalue weighted by atomic mass is 10.1. The summed E-state index contributed by atoms with van der Waals surface area (Å²) in [5, 5.41) is 0.568. The summed E-state index contributed by atoms with van der Waals surface area (Å²) < 4.78 is 32.2. The van der Waals surface area contributed by atoms with E-state index in [2.05, 4.69) is 0 Å². The quantitative estimate of drug-likeness (QED) is 0.747. The zero-order chi connectivity index (χ0) is 18.0. The van der Waals surface area contributed by atoms with Crippen molar-refractivity contribution in [1.82, 2.24) is 4.90 Å². The van der Waals surface area contributed by atoms with Crippen molar-refractivity contribution in [2.45, 2.75) is 18.9 Å². The number of rotatable bonds is 3. The molecule has 0 aromatic heterocycles. The Morgan fingerprint density at radius 1 is 1.12 bits per heavy atom. The summed E-state index contributed by atoms with van der Waals surface area (Å²) in [6.07, 6.45) is 0.848. The maximum Gasteiger partial charge on any atom is 0.255 e. The minimum absolute atomic E-state index is 0.0177. The predicted octanol–water partition coefficient (Wildman–Crippen LogP) is 4.96. The Kier molecular flexibility index (Phi) is 5.45. The molecule has 3 nitrogen and oxygen atoms in total. The summed E-state index contributed by atoms with van der Waals surface area (Å²) in [6.45, 7) is 0.907. The van der Waals surface area contributed by atoms with Crippen molar-refractivity contribution in [1.29, 1.82) is 0 Å². The minimum atomic E-state index is -0.732. The van der Waals surface area contributed by atoms with E-state index in [1.807, 2.05) is 0 Å². The molecule has 0 atom stereocenters. The minimum Gasteiger partial charge on any atom is -0.487 e. The number of likely N-dealkylation sites (tertiary alicyclic amines) is 1. The van der Waals surface area contributed by atoms with Crippen LogP contribution in [0.4, 0.5) is 8.78 Å². The molecule has 1 fully saturated rings. The number of carbonyl (C=O) groups is 1. The van der Waals surface area contributed by atoms with Crippen molar-refractivity contribution in [3.05, 3.63) is 63.6 Å². The maximum absolute atomic E-state index is 13.7. The molecular weight excluding hydrogens is 371 g/mol. The van der Waals surface area contributed by atoms with E-state index in [-0.39, 0.29) is 22.8 Å². The SMILES string of the molecule is O=C(c1cccc(Cl)c1Cl)N1CCC(Oc2ccc(F)cc2F)CC1.